The zero-order valence-corrected chi connectivity index (χ0v) is 7.14. The van der Waals surface area contributed by atoms with Crippen LogP contribution in [0.4, 0.5) is 14.9 Å². The van der Waals surface area contributed by atoms with Crippen LogP contribution in [0.1, 0.15) is 0 Å². The van der Waals surface area contributed by atoms with Crippen LogP contribution in [0.5, 0.6) is 5.75 Å². The number of nitrogens with two attached hydrogens (primary N) is 2. The molecule has 1 rings (SSSR count). The molecule has 0 fully saturated rings. The van der Waals surface area contributed by atoms with E-state index in [9.17, 15) is 9.18 Å². The van der Waals surface area contributed by atoms with Gasteiger partial charge in [-0.25, -0.2) is 9.18 Å². The van der Waals surface area contributed by atoms with E-state index in [4.69, 9.17) is 23.1 Å². The minimum Gasteiger partial charge on any atom is -0.409 e. The molecule has 0 aliphatic rings. The van der Waals surface area contributed by atoms with Crippen LogP contribution in [0.3, 0.4) is 0 Å². The van der Waals surface area contributed by atoms with Gasteiger partial charge in [-0.05, 0) is 6.07 Å². The summed E-state index contributed by atoms with van der Waals surface area (Å²) < 4.78 is 17.2. The lowest BCUT2D eigenvalue weighted by Crippen LogP contribution is -2.16. The summed E-state index contributed by atoms with van der Waals surface area (Å²) in [5, 5.41) is -0.0644. The Morgan fingerprint density at radius 1 is 1.54 bits per heavy atom. The molecule has 70 valence electrons. The van der Waals surface area contributed by atoms with E-state index < -0.39 is 11.9 Å². The van der Waals surface area contributed by atoms with Gasteiger partial charge < -0.3 is 16.2 Å². The first-order valence-electron chi connectivity index (χ1n) is 3.22. The Bertz CT molecular complexity index is 357. The molecule has 0 radical (unpaired) electrons. The Kier molecular flexibility index (Phi) is 2.57. The third-order valence-electron chi connectivity index (χ3n) is 1.26. The molecule has 0 aromatic heterocycles. The van der Waals surface area contributed by atoms with Crippen molar-refractivity contribution in [2.24, 2.45) is 5.73 Å². The Morgan fingerprint density at radius 3 is 2.69 bits per heavy atom. The van der Waals surface area contributed by atoms with Gasteiger partial charge in [-0.3, -0.25) is 0 Å². The average molecular weight is 205 g/mol. The van der Waals surface area contributed by atoms with E-state index in [1.807, 2.05) is 0 Å². The van der Waals surface area contributed by atoms with Gasteiger partial charge >= 0.3 is 6.09 Å². The fourth-order valence-corrected chi connectivity index (χ4v) is 0.920. The topological polar surface area (TPSA) is 78.3 Å². The van der Waals surface area contributed by atoms with Crippen LogP contribution in [0, 0.1) is 5.82 Å². The van der Waals surface area contributed by atoms with Crippen molar-refractivity contribution in [1.29, 1.82) is 0 Å². The Balaban J connectivity index is 3.08. The molecule has 0 saturated heterocycles. The molecule has 0 heterocycles. The summed E-state index contributed by atoms with van der Waals surface area (Å²) in [6, 6.07) is 2.03. The van der Waals surface area contributed by atoms with Crippen LogP contribution < -0.4 is 16.2 Å². The third-order valence-corrected chi connectivity index (χ3v) is 1.56. The van der Waals surface area contributed by atoms with Crippen LogP contribution in [-0.4, -0.2) is 6.09 Å². The van der Waals surface area contributed by atoms with Gasteiger partial charge in [-0.1, -0.05) is 11.6 Å². The minimum atomic E-state index is -1.03. The summed E-state index contributed by atoms with van der Waals surface area (Å²) in [6.45, 7) is 0. The van der Waals surface area contributed by atoms with Gasteiger partial charge in [-0.2, -0.15) is 0 Å². The van der Waals surface area contributed by atoms with Gasteiger partial charge in [0, 0.05) is 6.07 Å². The van der Waals surface area contributed by atoms with Gasteiger partial charge in [0.15, 0.2) is 5.75 Å². The van der Waals surface area contributed by atoms with Crippen molar-refractivity contribution in [3.05, 3.63) is 23.0 Å². The summed E-state index contributed by atoms with van der Waals surface area (Å²) >= 11 is 5.52. The standard InChI is InChI=1S/C7H6ClFN2O2/c8-3-1-4(9)5(10)2-6(3)13-7(11)12/h1-2H,10H2,(H2,11,12). The van der Waals surface area contributed by atoms with Gasteiger partial charge in [-0.15, -0.1) is 0 Å². The molecular formula is C7H6ClFN2O2. The Labute approximate surface area is 78.2 Å². The Morgan fingerprint density at radius 2 is 2.15 bits per heavy atom. The number of amides is 1. The van der Waals surface area contributed by atoms with E-state index in [-0.39, 0.29) is 16.5 Å². The Hall–Kier alpha value is -1.49. The molecule has 0 aliphatic carbocycles. The average Bonchev–Trinajstić information content (AvgIpc) is 1.99. The first-order chi connectivity index (χ1) is 6.00. The van der Waals surface area contributed by atoms with E-state index in [1.54, 1.807) is 0 Å². The van der Waals surface area contributed by atoms with Crippen LogP contribution in [-0.2, 0) is 0 Å². The lowest BCUT2D eigenvalue weighted by Gasteiger charge is -2.04. The monoisotopic (exact) mass is 204 g/mol. The van der Waals surface area contributed by atoms with E-state index in [0.717, 1.165) is 12.1 Å². The zero-order chi connectivity index (χ0) is 10.0. The molecule has 4 nitrogen and oxygen atoms in total. The smallest absolute Gasteiger partial charge is 0.409 e. The van der Waals surface area contributed by atoms with Crippen molar-refractivity contribution in [3.8, 4) is 5.75 Å². The zero-order valence-electron chi connectivity index (χ0n) is 6.38. The molecule has 1 aromatic rings. The van der Waals surface area contributed by atoms with E-state index in [2.05, 4.69) is 4.74 Å². The summed E-state index contributed by atoms with van der Waals surface area (Å²) in [7, 11) is 0. The van der Waals surface area contributed by atoms with Crippen molar-refractivity contribution >= 4 is 23.4 Å². The molecule has 6 heteroatoms. The predicted molar refractivity (Wildman–Crippen MR) is 46.0 cm³/mol. The lowest BCUT2D eigenvalue weighted by molar-refractivity contribution is 0.211. The highest BCUT2D eigenvalue weighted by Crippen LogP contribution is 2.28. The molecule has 0 spiro atoms. The summed E-state index contributed by atoms with van der Waals surface area (Å²) in [5.41, 5.74) is 9.76. The maximum Gasteiger partial charge on any atom is 0.410 e. The highest BCUT2D eigenvalue weighted by Gasteiger charge is 2.09. The molecular weight excluding hydrogens is 199 g/mol. The predicted octanol–water partition coefficient (Wildman–Crippen LogP) is 1.52. The van der Waals surface area contributed by atoms with Gasteiger partial charge in [0.2, 0.25) is 0 Å². The van der Waals surface area contributed by atoms with Gasteiger partial charge in [0.1, 0.15) is 5.82 Å². The van der Waals surface area contributed by atoms with Crippen molar-refractivity contribution in [1.82, 2.24) is 0 Å². The maximum atomic E-state index is 12.7. The van der Waals surface area contributed by atoms with Crippen LogP contribution >= 0.6 is 11.6 Å². The van der Waals surface area contributed by atoms with Crippen molar-refractivity contribution in [2.75, 3.05) is 5.73 Å². The quantitative estimate of drug-likeness (QED) is 0.681. The van der Waals surface area contributed by atoms with Crippen molar-refractivity contribution in [3.63, 3.8) is 0 Å². The van der Waals surface area contributed by atoms with Gasteiger partial charge in [0.05, 0.1) is 10.7 Å². The van der Waals surface area contributed by atoms with Crippen LogP contribution in [0.25, 0.3) is 0 Å². The second kappa shape index (κ2) is 3.49. The minimum absolute atomic E-state index is 0.0620. The largest absolute Gasteiger partial charge is 0.410 e. The van der Waals surface area contributed by atoms with E-state index >= 15 is 0 Å². The number of rotatable bonds is 1. The first-order valence-corrected chi connectivity index (χ1v) is 3.60. The van der Waals surface area contributed by atoms with Gasteiger partial charge in [0.25, 0.3) is 0 Å². The van der Waals surface area contributed by atoms with E-state index in [0.29, 0.717) is 0 Å². The number of primary amides is 1. The number of anilines is 1. The highest BCUT2D eigenvalue weighted by atomic mass is 35.5. The fraction of sp³-hybridized carbons (Fsp3) is 0. The fourth-order valence-electron chi connectivity index (χ4n) is 0.731. The van der Waals surface area contributed by atoms with E-state index in [1.165, 1.54) is 0 Å². The maximum absolute atomic E-state index is 12.7. The molecule has 4 N–H and O–H groups in total. The molecule has 1 amide bonds. The number of hydrogen-bond donors (Lipinski definition) is 2. The van der Waals surface area contributed by atoms with Crippen molar-refractivity contribution in [2.45, 2.75) is 0 Å². The number of nitrogen functional groups attached to an aromatic ring is 1. The molecule has 1 aromatic carbocycles. The number of hydrogen-bond acceptors (Lipinski definition) is 3. The number of ether oxygens (including phenoxy) is 1. The first kappa shape index (κ1) is 9.60. The lowest BCUT2D eigenvalue weighted by atomic mass is 10.3. The third kappa shape index (κ3) is 2.22. The molecule has 0 unspecified atom stereocenters. The molecule has 0 bridgehead atoms. The summed E-state index contributed by atoms with van der Waals surface area (Å²) in [5.74, 6) is -0.741. The van der Waals surface area contributed by atoms with Crippen LogP contribution in [0.15, 0.2) is 12.1 Å². The normalized spacial score (nSPS) is 9.69. The summed E-state index contributed by atoms with van der Waals surface area (Å²) in [6.07, 6.45) is -1.03. The second-order valence-corrected chi connectivity index (χ2v) is 2.63. The highest BCUT2D eigenvalue weighted by molar-refractivity contribution is 6.32. The number of carbonyl (C=O) groups is 1. The molecule has 0 atom stereocenters. The number of halogens is 2. The molecule has 13 heavy (non-hydrogen) atoms. The SMILES string of the molecule is NC(=O)Oc1cc(N)c(F)cc1Cl. The number of benzene rings is 1. The molecule has 0 saturated carbocycles. The molecule has 0 aliphatic heterocycles. The van der Waals surface area contributed by atoms with Crippen molar-refractivity contribution < 1.29 is 13.9 Å². The number of carbonyl (C=O) groups excluding carboxylic acids is 1. The van der Waals surface area contributed by atoms with Crippen LogP contribution in [0.2, 0.25) is 5.02 Å². The summed E-state index contributed by atoms with van der Waals surface area (Å²) in [4.78, 5) is 10.3. The second-order valence-electron chi connectivity index (χ2n) is 2.23.